The van der Waals surface area contributed by atoms with Crippen molar-refractivity contribution < 1.29 is 8.42 Å². The summed E-state index contributed by atoms with van der Waals surface area (Å²) in [5.74, 6) is 0. The number of aromatic amines is 1. The lowest BCUT2D eigenvalue weighted by atomic mass is 10.4. The third kappa shape index (κ3) is 3.30. The standard InChI is InChI=1S/C11H11IN2O2S/c12-10-1-3-11(4-2-10)17(15,16)14-8-9-5-6-13-7-9/h1-7,13-14H,8H2. The molecule has 0 saturated carbocycles. The van der Waals surface area contributed by atoms with Crippen molar-refractivity contribution in [1.82, 2.24) is 9.71 Å². The van der Waals surface area contributed by atoms with Crippen molar-refractivity contribution in [3.8, 4) is 0 Å². The zero-order chi connectivity index (χ0) is 12.3. The Balaban J connectivity index is 2.11. The summed E-state index contributed by atoms with van der Waals surface area (Å²) in [7, 11) is -3.42. The lowest BCUT2D eigenvalue weighted by Crippen LogP contribution is -2.22. The van der Waals surface area contributed by atoms with Crippen LogP contribution < -0.4 is 4.72 Å². The molecule has 1 aromatic carbocycles. The second kappa shape index (κ2) is 5.19. The van der Waals surface area contributed by atoms with E-state index in [1.165, 1.54) is 0 Å². The van der Waals surface area contributed by atoms with Crippen LogP contribution in [0.2, 0.25) is 0 Å². The van der Waals surface area contributed by atoms with Gasteiger partial charge in [-0.1, -0.05) is 0 Å². The Labute approximate surface area is 114 Å². The van der Waals surface area contributed by atoms with Gasteiger partial charge in [-0.3, -0.25) is 0 Å². The maximum Gasteiger partial charge on any atom is 0.240 e. The molecule has 0 aliphatic heterocycles. The van der Waals surface area contributed by atoms with Crippen LogP contribution in [0, 0.1) is 3.57 Å². The molecule has 0 aliphatic carbocycles. The first-order valence-corrected chi connectivity index (χ1v) is 7.51. The van der Waals surface area contributed by atoms with Gasteiger partial charge in [0.15, 0.2) is 0 Å². The van der Waals surface area contributed by atoms with Gasteiger partial charge in [-0.25, -0.2) is 13.1 Å². The number of halogens is 1. The number of aromatic nitrogens is 1. The minimum Gasteiger partial charge on any atom is -0.367 e. The summed E-state index contributed by atoms with van der Waals surface area (Å²) >= 11 is 2.14. The molecule has 0 unspecified atom stereocenters. The second-order valence-corrected chi connectivity index (χ2v) is 6.51. The van der Waals surface area contributed by atoms with Gasteiger partial charge in [0.25, 0.3) is 0 Å². The summed E-state index contributed by atoms with van der Waals surface area (Å²) in [4.78, 5) is 3.16. The molecule has 17 heavy (non-hydrogen) atoms. The van der Waals surface area contributed by atoms with E-state index in [0.717, 1.165) is 9.13 Å². The number of hydrogen-bond acceptors (Lipinski definition) is 2. The fourth-order valence-corrected chi connectivity index (χ4v) is 2.72. The zero-order valence-electron chi connectivity index (χ0n) is 8.85. The number of rotatable bonds is 4. The molecule has 0 saturated heterocycles. The second-order valence-electron chi connectivity index (χ2n) is 3.50. The minimum absolute atomic E-state index is 0.286. The fraction of sp³-hybridized carbons (Fsp3) is 0.0909. The van der Waals surface area contributed by atoms with E-state index in [1.807, 2.05) is 6.07 Å². The summed E-state index contributed by atoms with van der Waals surface area (Å²) in [5, 5.41) is 0. The lowest BCUT2D eigenvalue weighted by Gasteiger charge is -2.05. The van der Waals surface area contributed by atoms with Crippen LogP contribution in [0.15, 0.2) is 47.6 Å². The van der Waals surface area contributed by atoms with Gasteiger partial charge in [-0.15, -0.1) is 0 Å². The Morgan fingerprint density at radius 2 is 1.88 bits per heavy atom. The van der Waals surface area contributed by atoms with E-state index in [-0.39, 0.29) is 11.4 Å². The average molecular weight is 362 g/mol. The van der Waals surface area contributed by atoms with Crippen LogP contribution in [-0.4, -0.2) is 13.4 Å². The lowest BCUT2D eigenvalue weighted by molar-refractivity contribution is 0.581. The Hall–Kier alpha value is -0.860. The molecule has 0 bridgehead atoms. The van der Waals surface area contributed by atoms with Crippen LogP contribution in [0.3, 0.4) is 0 Å². The Morgan fingerprint density at radius 3 is 2.47 bits per heavy atom. The number of sulfonamides is 1. The van der Waals surface area contributed by atoms with Gasteiger partial charge >= 0.3 is 0 Å². The molecule has 2 aromatic rings. The first-order valence-electron chi connectivity index (χ1n) is 4.95. The molecule has 0 spiro atoms. The number of benzene rings is 1. The largest absolute Gasteiger partial charge is 0.367 e. The Morgan fingerprint density at radius 1 is 1.18 bits per heavy atom. The normalized spacial score (nSPS) is 11.6. The first-order chi connectivity index (χ1) is 8.08. The van der Waals surface area contributed by atoms with Crippen molar-refractivity contribution in [2.45, 2.75) is 11.4 Å². The smallest absolute Gasteiger partial charge is 0.240 e. The summed E-state index contributed by atoms with van der Waals surface area (Å²) in [6, 6.07) is 8.57. The van der Waals surface area contributed by atoms with Crippen LogP contribution in [-0.2, 0) is 16.6 Å². The summed E-state index contributed by atoms with van der Waals surface area (Å²) in [6.07, 6.45) is 3.52. The molecule has 0 atom stereocenters. The molecule has 90 valence electrons. The zero-order valence-corrected chi connectivity index (χ0v) is 11.8. The van der Waals surface area contributed by atoms with Crippen molar-refractivity contribution in [2.24, 2.45) is 0 Å². The van der Waals surface area contributed by atoms with Crippen molar-refractivity contribution in [2.75, 3.05) is 0 Å². The highest BCUT2D eigenvalue weighted by Gasteiger charge is 2.13. The predicted molar refractivity (Wildman–Crippen MR) is 74.0 cm³/mol. The molecular formula is C11H11IN2O2S. The third-order valence-electron chi connectivity index (χ3n) is 2.25. The van der Waals surface area contributed by atoms with E-state index in [0.29, 0.717) is 0 Å². The van der Waals surface area contributed by atoms with Crippen LogP contribution in [0.1, 0.15) is 5.56 Å². The monoisotopic (exact) mass is 362 g/mol. The molecule has 0 fully saturated rings. The van der Waals surface area contributed by atoms with Crippen LogP contribution in [0.5, 0.6) is 0 Å². The summed E-state index contributed by atoms with van der Waals surface area (Å²) in [6.45, 7) is 0.290. The highest BCUT2D eigenvalue weighted by Crippen LogP contribution is 2.12. The van der Waals surface area contributed by atoms with Gasteiger partial charge in [0, 0.05) is 22.5 Å². The highest BCUT2D eigenvalue weighted by molar-refractivity contribution is 14.1. The van der Waals surface area contributed by atoms with Gasteiger partial charge < -0.3 is 4.98 Å². The van der Waals surface area contributed by atoms with Gasteiger partial charge in [-0.05, 0) is 58.5 Å². The molecule has 1 heterocycles. The highest BCUT2D eigenvalue weighted by atomic mass is 127. The maximum absolute atomic E-state index is 11.9. The van der Waals surface area contributed by atoms with E-state index >= 15 is 0 Å². The fourth-order valence-electron chi connectivity index (χ4n) is 1.34. The molecule has 0 radical (unpaired) electrons. The summed E-state index contributed by atoms with van der Waals surface area (Å²) in [5.41, 5.74) is 0.902. The van der Waals surface area contributed by atoms with Gasteiger partial charge in [0.1, 0.15) is 0 Å². The van der Waals surface area contributed by atoms with Crippen molar-refractivity contribution in [1.29, 1.82) is 0 Å². The van der Waals surface area contributed by atoms with Crippen molar-refractivity contribution in [3.63, 3.8) is 0 Å². The summed E-state index contributed by atoms with van der Waals surface area (Å²) < 4.78 is 27.4. The molecular weight excluding hydrogens is 351 g/mol. The molecule has 2 N–H and O–H groups in total. The van der Waals surface area contributed by atoms with E-state index in [9.17, 15) is 8.42 Å². The number of hydrogen-bond donors (Lipinski definition) is 2. The molecule has 6 heteroatoms. The van der Waals surface area contributed by atoms with E-state index < -0.39 is 10.0 Å². The number of nitrogens with one attached hydrogen (secondary N) is 2. The van der Waals surface area contributed by atoms with Gasteiger partial charge in [-0.2, -0.15) is 0 Å². The van der Waals surface area contributed by atoms with Crippen molar-refractivity contribution in [3.05, 3.63) is 51.9 Å². The van der Waals surface area contributed by atoms with E-state index in [4.69, 9.17) is 0 Å². The van der Waals surface area contributed by atoms with Crippen LogP contribution in [0.4, 0.5) is 0 Å². The minimum atomic E-state index is -3.42. The SMILES string of the molecule is O=S(=O)(NCc1cc[nH]c1)c1ccc(I)cc1. The Kier molecular flexibility index (Phi) is 3.85. The van der Waals surface area contributed by atoms with Crippen LogP contribution >= 0.6 is 22.6 Å². The van der Waals surface area contributed by atoms with Crippen LogP contribution in [0.25, 0.3) is 0 Å². The van der Waals surface area contributed by atoms with Gasteiger partial charge in [0.2, 0.25) is 10.0 Å². The maximum atomic E-state index is 11.9. The van der Waals surface area contributed by atoms with Crippen molar-refractivity contribution >= 4 is 32.6 Å². The quantitative estimate of drug-likeness (QED) is 0.819. The predicted octanol–water partition coefficient (Wildman–Crippen LogP) is 2.10. The Bertz CT molecular complexity index is 576. The molecule has 2 rings (SSSR count). The average Bonchev–Trinajstić information content (AvgIpc) is 2.80. The molecule has 4 nitrogen and oxygen atoms in total. The van der Waals surface area contributed by atoms with Gasteiger partial charge in [0.05, 0.1) is 4.90 Å². The molecule has 1 aromatic heterocycles. The molecule has 0 aliphatic rings. The third-order valence-corrected chi connectivity index (χ3v) is 4.39. The topological polar surface area (TPSA) is 62.0 Å². The van der Waals surface area contributed by atoms with E-state index in [2.05, 4.69) is 32.3 Å². The first kappa shape index (κ1) is 12.6. The van der Waals surface area contributed by atoms with E-state index in [1.54, 1.807) is 36.7 Å². The number of H-pyrrole nitrogens is 1. The molecule has 0 amide bonds.